The summed E-state index contributed by atoms with van der Waals surface area (Å²) >= 11 is 6.37. The molecular formula is C18H26ClN3O4. The SMILES string of the molecule is CC(C)OC(=O)c1cnc(C2CNCCN2C(=O)OC(C)(C)C)c(Cl)c1. The van der Waals surface area contributed by atoms with Crippen molar-refractivity contribution < 1.29 is 19.1 Å². The molecule has 0 aliphatic carbocycles. The summed E-state index contributed by atoms with van der Waals surface area (Å²) in [5, 5.41) is 3.54. The van der Waals surface area contributed by atoms with Crippen molar-refractivity contribution in [3.8, 4) is 0 Å². The molecule has 1 fully saturated rings. The van der Waals surface area contributed by atoms with E-state index < -0.39 is 17.7 Å². The third-order valence-electron chi connectivity index (χ3n) is 3.64. The Hall–Kier alpha value is -1.86. The fourth-order valence-corrected chi connectivity index (χ4v) is 2.87. The van der Waals surface area contributed by atoms with Crippen LogP contribution < -0.4 is 5.32 Å². The Morgan fingerprint density at radius 3 is 2.65 bits per heavy atom. The largest absolute Gasteiger partial charge is 0.459 e. The fourth-order valence-electron chi connectivity index (χ4n) is 2.58. The van der Waals surface area contributed by atoms with Crippen LogP contribution in [0.2, 0.25) is 5.02 Å². The number of rotatable bonds is 3. The van der Waals surface area contributed by atoms with Crippen LogP contribution in [0.4, 0.5) is 4.79 Å². The van der Waals surface area contributed by atoms with Gasteiger partial charge in [-0.25, -0.2) is 9.59 Å². The van der Waals surface area contributed by atoms with E-state index in [0.29, 0.717) is 30.4 Å². The van der Waals surface area contributed by atoms with Crippen molar-refractivity contribution >= 4 is 23.7 Å². The van der Waals surface area contributed by atoms with Gasteiger partial charge in [0.15, 0.2) is 0 Å². The Kier molecular flexibility index (Phi) is 6.47. The molecule has 1 aliphatic rings. The Bertz CT molecular complexity index is 673. The van der Waals surface area contributed by atoms with Crippen LogP contribution in [0.15, 0.2) is 12.3 Å². The molecule has 0 bridgehead atoms. The Morgan fingerprint density at radius 1 is 1.38 bits per heavy atom. The molecule has 1 saturated heterocycles. The van der Waals surface area contributed by atoms with Gasteiger partial charge in [0.25, 0.3) is 0 Å². The van der Waals surface area contributed by atoms with E-state index in [-0.39, 0.29) is 17.7 Å². The van der Waals surface area contributed by atoms with Crippen LogP contribution in [0.3, 0.4) is 0 Å². The normalized spacial score (nSPS) is 18.0. The van der Waals surface area contributed by atoms with Crippen molar-refractivity contribution in [1.29, 1.82) is 0 Å². The van der Waals surface area contributed by atoms with Crippen LogP contribution in [0.5, 0.6) is 0 Å². The van der Waals surface area contributed by atoms with E-state index in [9.17, 15) is 9.59 Å². The lowest BCUT2D eigenvalue weighted by Crippen LogP contribution is -2.50. The molecule has 26 heavy (non-hydrogen) atoms. The van der Waals surface area contributed by atoms with Crippen LogP contribution in [0.1, 0.15) is 56.7 Å². The molecule has 0 aromatic carbocycles. The Morgan fingerprint density at radius 2 is 2.08 bits per heavy atom. The molecule has 0 spiro atoms. The number of nitrogens with zero attached hydrogens (tertiary/aromatic N) is 2. The van der Waals surface area contributed by atoms with Gasteiger partial charge in [-0.15, -0.1) is 0 Å². The number of halogens is 1. The topological polar surface area (TPSA) is 80.8 Å². The van der Waals surface area contributed by atoms with Crippen molar-refractivity contribution in [2.45, 2.75) is 52.4 Å². The summed E-state index contributed by atoms with van der Waals surface area (Å²) in [6, 6.07) is 1.15. The summed E-state index contributed by atoms with van der Waals surface area (Å²) in [5.41, 5.74) is 0.208. The lowest BCUT2D eigenvalue weighted by atomic mass is 10.1. The standard InChI is InChI=1S/C18H26ClN3O4/c1-11(2)25-16(23)12-8-13(19)15(21-9-12)14-10-20-6-7-22(14)17(24)26-18(3,4)5/h8-9,11,14,20H,6-7,10H2,1-5H3. The molecule has 1 aliphatic heterocycles. The number of carbonyl (C=O) groups excluding carboxylic acids is 2. The van der Waals surface area contributed by atoms with Gasteiger partial charge in [-0.3, -0.25) is 9.88 Å². The number of hydrogen-bond donors (Lipinski definition) is 1. The molecule has 8 heteroatoms. The molecule has 1 aromatic heterocycles. The first-order chi connectivity index (χ1) is 12.1. The number of ether oxygens (including phenoxy) is 2. The second-order valence-electron chi connectivity index (χ2n) is 7.44. The number of pyridine rings is 1. The molecule has 1 atom stereocenters. The summed E-state index contributed by atoms with van der Waals surface area (Å²) in [4.78, 5) is 30.5. The van der Waals surface area contributed by atoms with E-state index >= 15 is 0 Å². The molecule has 1 unspecified atom stereocenters. The molecule has 0 radical (unpaired) electrons. The summed E-state index contributed by atoms with van der Waals surface area (Å²) in [6.45, 7) is 10.7. The average molecular weight is 384 g/mol. The van der Waals surface area contributed by atoms with Crippen LogP contribution in [-0.4, -0.2) is 53.3 Å². The first kappa shape index (κ1) is 20.5. The van der Waals surface area contributed by atoms with Gasteiger partial charge in [0.2, 0.25) is 0 Å². The number of esters is 1. The van der Waals surface area contributed by atoms with Gasteiger partial charge in [-0.05, 0) is 40.7 Å². The summed E-state index contributed by atoms with van der Waals surface area (Å²) in [7, 11) is 0. The smallest absolute Gasteiger partial charge is 0.410 e. The van der Waals surface area contributed by atoms with Crippen molar-refractivity contribution in [3.05, 3.63) is 28.5 Å². The molecule has 0 saturated carbocycles. The van der Waals surface area contributed by atoms with E-state index in [1.807, 2.05) is 20.8 Å². The number of piperazine rings is 1. The maximum Gasteiger partial charge on any atom is 0.410 e. The average Bonchev–Trinajstić information content (AvgIpc) is 2.52. The molecular weight excluding hydrogens is 358 g/mol. The van der Waals surface area contributed by atoms with Crippen molar-refractivity contribution in [2.24, 2.45) is 0 Å². The lowest BCUT2D eigenvalue weighted by molar-refractivity contribution is 0.0112. The van der Waals surface area contributed by atoms with Gasteiger partial charge in [-0.2, -0.15) is 0 Å². The fraction of sp³-hybridized carbons (Fsp3) is 0.611. The minimum Gasteiger partial charge on any atom is -0.459 e. The molecule has 1 amide bonds. The lowest BCUT2D eigenvalue weighted by Gasteiger charge is -2.37. The van der Waals surface area contributed by atoms with Crippen molar-refractivity contribution in [3.63, 3.8) is 0 Å². The number of aromatic nitrogens is 1. The van der Waals surface area contributed by atoms with Gasteiger partial charge in [0, 0.05) is 25.8 Å². The Balaban J connectivity index is 2.24. The summed E-state index contributed by atoms with van der Waals surface area (Å²) in [6.07, 6.45) is 0.782. The number of nitrogens with one attached hydrogen (secondary N) is 1. The second kappa shape index (κ2) is 8.22. The summed E-state index contributed by atoms with van der Waals surface area (Å²) in [5.74, 6) is -0.480. The molecule has 2 heterocycles. The van der Waals surface area contributed by atoms with Crippen molar-refractivity contribution in [2.75, 3.05) is 19.6 Å². The van der Waals surface area contributed by atoms with Crippen LogP contribution >= 0.6 is 11.6 Å². The van der Waals surface area contributed by atoms with E-state index in [0.717, 1.165) is 0 Å². The quantitative estimate of drug-likeness (QED) is 0.807. The third kappa shape index (κ3) is 5.32. The zero-order valence-electron chi connectivity index (χ0n) is 15.8. The Labute approximate surface area is 159 Å². The highest BCUT2D eigenvalue weighted by Crippen LogP contribution is 2.29. The molecule has 7 nitrogen and oxygen atoms in total. The third-order valence-corrected chi connectivity index (χ3v) is 3.94. The van der Waals surface area contributed by atoms with Gasteiger partial charge < -0.3 is 14.8 Å². The zero-order valence-corrected chi connectivity index (χ0v) is 16.6. The number of amides is 1. The monoisotopic (exact) mass is 383 g/mol. The maximum absolute atomic E-state index is 12.5. The number of carbonyl (C=O) groups is 2. The van der Waals surface area contributed by atoms with Gasteiger partial charge in [0.1, 0.15) is 5.60 Å². The minimum absolute atomic E-state index is 0.230. The van der Waals surface area contributed by atoms with Gasteiger partial charge >= 0.3 is 12.1 Å². The van der Waals surface area contributed by atoms with Gasteiger partial charge in [-0.1, -0.05) is 11.6 Å². The number of hydrogen-bond acceptors (Lipinski definition) is 6. The highest BCUT2D eigenvalue weighted by atomic mass is 35.5. The first-order valence-corrected chi connectivity index (χ1v) is 9.03. The first-order valence-electron chi connectivity index (χ1n) is 8.65. The molecule has 144 valence electrons. The van der Waals surface area contributed by atoms with Crippen LogP contribution in [0.25, 0.3) is 0 Å². The highest BCUT2D eigenvalue weighted by molar-refractivity contribution is 6.31. The predicted molar refractivity (Wildman–Crippen MR) is 98.3 cm³/mol. The summed E-state index contributed by atoms with van der Waals surface area (Å²) < 4.78 is 10.6. The van der Waals surface area contributed by atoms with E-state index in [4.69, 9.17) is 21.1 Å². The molecule has 1 aromatic rings. The second-order valence-corrected chi connectivity index (χ2v) is 7.85. The van der Waals surface area contributed by atoms with E-state index in [2.05, 4.69) is 10.3 Å². The zero-order chi connectivity index (χ0) is 19.5. The van der Waals surface area contributed by atoms with Crippen LogP contribution in [0, 0.1) is 0 Å². The minimum atomic E-state index is -0.589. The van der Waals surface area contributed by atoms with Crippen LogP contribution in [-0.2, 0) is 9.47 Å². The van der Waals surface area contributed by atoms with Crippen molar-refractivity contribution in [1.82, 2.24) is 15.2 Å². The van der Waals surface area contributed by atoms with Gasteiger partial charge in [0.05, 0.1) is 28.4 Å². The molecule has 1 N–H and O–H groups in total. The molecule has 2 rings (SSSR count). The maximum atomic E-state index is 12.5. The van der Waals surface area contributed by atoms with E-state index in [1.54, 1.807) is 18.7 Å². The van der Waals surface area contributed by atoms with E-state index in [1.165, 1.54) is 12.3 Å². The highest BCUT2D eigenvalue weighted by Gasteiger charge is 2.33. The predicted octanol–water partition coefficient (Wildman–Crippen LogP) is 3.18.